The lowest BCUT2D eigenvalue weighted by Gasteiger charge is -2.18. The van der Waals surface area contributed by atoms with Gasteiger partial charge in [0.15, 0.2) is 0 Å². The van der Waals surface area contributed by atoms with Crippen LogP contribution in [0.15, 0.2) is 42.5 Å². The van der Waals surface area contributed by atoms with Gasteiger partial charge < -0.3 is 5.11 Å². The van der Waals surface area contributed by atoms with Gasteiger partial charge in [0, 0.05) is 12.3 Å². The van der Waals surface area contributed by atoms with Crippen molar-refractivity contribution in [2.75, 3.05) is 0 Å². The summed E-state index contributed by atoms with van der Waals surface area (Å²) in [6.07, 6.45) is 2.48. The Kier molecular flexibility index (Phi) is 3.54. The molecule has 2 nitrogen and oxygen atoms in total. The molecule has 0 heterocycles. The highest BCUT2D eigenvalue weighted by atomic mass is 16.3. The molecule has 20 heavy (non-hydrogen) atoms. The van der Waals surface area contributed by atoms with Gasteiger partial charge in [-0.3, -0.25) is 0 Å². The van der Waals surface area contributed by atoms with Crippen molar-refractivity contribution in [1.29, 1.82) is 5.26 Å². The van der Waals surface area contributed by atoms with Gasteiger partial charge in [0.2, 0.25) is 0 Å². The van der Waals surface area contributed by atoms with E-state index in [0.29, 0.717) is 6.42 Å². The molecule has 0 saturated carbocycles. The lowest BCUT2D eigenvalue weighted by Crippen LogP contribution is -2.03. The van der Waals surface area contributed by atoms with E-state index in [4.69, 9.17) is 0 Å². The molecule has 100 valence electrons. The molecule has 0 radical (unpaired) electrons. The van der Waals surface area contributed by atoms with Crippen LogP contribution in [0.2, 0.25) is 0 Å². The van der Waals surface area contributed by atoms with Crippen LogP contribution in [0.1, 0.15) is 40.2 Å². The highest BCUT2D eigenvalue weighted by Crippen LogP contribution is 2.36. The van der Waals surface area contributed by atoms with Crippen LogP contribution in [0.5, 0.6) is 0 Å². The van der Waals surface area contributed by atoms with Gasteiger partial charge in [-0.25, -0.2) is 0 Å². The second-order valence-electron chi connectivity index (χ2n) is 5.30. The van der Waals surface area contributed by atoms with Crippen molar-refractivity contribution in [3.63, 3.8) is 0 Å². The third-order valence-corrected chi connectivity index (χ3v) is 4.15. The minimum Gasteiger partial charge on any atom is -0.392 e. The molecule has 0 fully saturated rings. The van der Waals surface area contributed by atoms with Crippen molar-refractivity contribution in [1.82, 2.24) is 0 Å². The summed E-state index contributed by atoms with van der Waals surface area (Å²) in [6.45, 7) is 0.0726. The van der Waals surface area contributed by atoms with Crippen LogP contribution in [0.3, 0.4) is 0 Å². The Morgan fingerprint density at radius 3 is 2.60 bits per heavy atom. The molecule has 0 amide bonds. The van der Waals surface area contributed by atoms with Crippen molar-refractivity contribution in [3.8, 4) is 6.07 Å². The van der Waals surface area contributed by atoms with Gasteiger partial charge in [-0.05, 0) is 40.7 Å². The lowest BCUT2D eigenvalue weighted by atomic mass is 9.85. The Balaban J connectivity index is 2.15. The summed E-state index contributed by atoms with van der Waals surface area (Å²) < 4.78 is 0. The number of rotatable bonds is 2. The second-order valence-corrected chi connectivity index (χ2v) is 5.30. The summed E-state index contributed by atoms with van der Waals surface area (Å²) >= 11 is 0. The van der Waals surface area contributed by atoms with Gasteiger partial charge in [0.1, 0.15) is 0 Å². The number of benzene rings is 2. The van der Waals surface area contributed by atoms with Crippen molar-refractivity contribution < 1.29 is 5.11 Å². The average Bonchev–Trinajstić information content (AvgIpc) is 2.65. The fraction of sp³-hybridized carbons (Fsp3) is 0.278. The molecular weight excluding hydrogens is 246 g/mol. The zero-order valence-electron chi connectivity index (χ0n) is 11.3. The normalized spacial score (nSPS) is 16.7. The Bertz CT molecular complexity index is 669. The molecule has 2 heteroatoms. The van der Waals surface area contributed by atoms with E-state index in [1.807, 2.05) is 6.07 Å². The number of nitriles is 1. The third kappa shape index (κ3) is 2.21. The molecule has 0 aromatic heterocycles. The van der Waals surface area contributed by atoms with Crippen molar-refractivity contribution in [2.24, 2.45) is 0 Å². The van der Waals surface area contributed by atoms with Crippen molar-refractivity contribution in [2.45, 2.75) is 31.8 Å². The summed E-state index contributed by atoms with van der Waals surface area (Å²) in [7, 11) is 0. The predicted octanol–water partition coefficient (Wildman–Crippen LogP) is 3.32. The molecule has 0 spiro atoms. The van der Waals surface area contributed by atoms with E-state index >= 15 is 0 Å². The van der Waals surface area contributed by atoms with Crippen molar-refractivity contribution in [3.05, 3.63) is 70.3 Å². The summed E-state index contributed by atoms with van der Waals surface area (Å²) in [4.78, 5) is 0. The molecule has 3 rings (SSSR count). The second kappa shape index (κ2) is 5.48. The summed E-state index contributed by atoms with van der Waals surface area (Å²) in [5, 5.41) is 18.5. The van der Waals surface area contributed by atoms with Gasteiger partial charge in [0.25, 0.3) is 0 Å². The number of hydrogen-bond donors (Lipinski definition) is 1. The number of aliphatic hydroxyl groups is 1. The van der Waals surface area contributed by atoms with Crippen LogP contribution < -0.4 is 0 Å². The van der Waals surface area contributed by atoms with Gasteiger partial charge >= 0.3 is 0 Å². The first-order valence-corrected chi connectivity index (χ1v) is 7.01. The fourth-order valence-electron chi connectivity index (χ4n) is 3.16. The molecular formula is C18H17NO. The van der Waals surface area contributed by atoms with E-state index in [-0.39, 0.29) is 12.5 Å². The molecule has 1 aliphatic rings. The van der Waals surface area contributed by atoms with E-state index in [0.717, 1.165) is 18.4 Å². The molecule has 0 saturated heterocycles. The Morgan fingerprint density at radius 2 is 1.80 bits per heavy atom. The largest absolute Gasteiger partial charge is 0.392 e. The number of aliphatic hydroxyl groups excluding tert-OH is 1. The molecule has 1 aliphatic carbocycles. The van der Waals surface area contributed by atoms with E-state index in [1.54, 1.807) is 0 Å². The van der Waals surface area contributed by atoms with E-state index in [1.165, 1.54) is 22.3 Å². The lowest BCUT2D eigenvalue weighted by molar-refractivity contribution is 0.281. The maximum atomic E-state index is 9.30. The van der Waals surface area contributed by atoms with Crippen LogP contribution in [0.4, 0.5) is 0 Å². The maximum absolute atomic E-state index is 9.30. The molecule has 2 aromatic rings. The van der Waals surface area contributed by atoms with Crippen LogP contribution in [0, 0.1) is 11.3 Å². The van der Waals surface area contributed by atoms with Crippen LogP contribution in [-0.4, -0.2) is 5.11 Å². The van der Waals surface area contributed by atoms with Gasteiger partial charge in [-0.2, -0.15) is 5.26 Å². The summed E-state index contributed by atoms with van der Waals surface area (Å²) in [6, 6.07) is 16.9. The molecule has 2 aromatic carbocycles. The minimum absolute atomic E-state index is 0.0726. The van der Waals surface area contributed by atoms with Gasteiger partial charge in [-0.15, -0.1) is 0 Å². The third-order valence-electron chi connectivity index (χ3n) is 4.15. The zero-order valence-corrected chi connectivity index (χ0v) is 11.3. The molecule has 1 unspecified atom stereocenters. The Labute approximate surface area is 119 Å². The number of nitrogens with zero attached hydrogens (tertiary/aromatic N) is 1. The van der Waals surface area contributed by atoms with E-state index in [2.05, 4.69) is 42.5 Å². The van der Waals surface area contributed by atoms with Gasteiger partial charge in [-0.1, -0.05) is 42.5 Å². The number of hydrogen-bond acceptors (Lipinski definition) is 2. The Hall–Kier alpha value is -2.11. The standard InChI is InChI=1S/C18H17NO/c19-10-9-18-16-4-2-1-3-14(16)6-7-15-11-13(12-20)5-8-17(15)18/h1-5,8,11,18,20H,6-7,9,12H2. The summed E-state index contributed by atoms with van der Waals surface area (Å²) in [5.41, 5.74) is 6.09. The number of fused-ring (bicyclic) bond motifs is 2. The first kappa shape index (κ1) is 12.9. The molecule has 0 bridgehead atoms. The fourth-order valence-corrected chi connectivity index (χ4v) is 3.16. The van der Waals surface area contributed by atoms with Crippen LogP contribution in [-0.2, 0) is 19.4 Å². The predicted molar refractivity (Wildman–Crippen MR) is 78.3 cm³/mol. The Morgan fingerprint density at radius 1 is 1.05 bits per heavy atom. The van der Waals surface area contributed by atoms with Crippen LogP contribution in [0.25, 0.3) is 0 Å². The number of aryl methyl sites for hydroxylation is 2. The topological polar surface area (TPSA) is 44.0 Å². The zero-order chi connectivity index (χ0) is 13.9. The molecule has 1 N–H and O–H groups in total. The monoisotopic (exact) mass is 263 g/mol. The van der Waals surface area contributed by atoms with Gasteiger partial charge in [0.05, 0.1) is 12.7 Å². The average molecular weight is 263 g/mol. The van der Waals surface area contributed by atoms with E-state index in [9.17, 15) is 10.4 Å². The SMILES string of the molecule is N#CCC1c2ccccc2CCc2cc(CO)ccc21. The molecule has 1 atom stereocenters. The summed E-state index contributed by atoms with van der Waals surface area (Å²) in [5.74, 6) is 0.154. The van der Waals surface area contributed by atoms with Crippen molar-refractivity contribution >= 4 is 0 Å². The maximum Gasteiger partial charge on any atom is 0.0681 e. The minimum atomic E-state index is 0.0726. The smallest absolute Gasteiger partial charge is 0.0681 e. The highest BCUT2D eigenvalue weighted by molar-refractivity contribution is 5.46. The molecule has 0 aliphatic heterocycles. The van der Waals surface area contributed by atoms with E-state index < -0.39 is 0 Å². The highest BCUT2D eigenvalue weighted by Gasteiger charge is 2.23. The quantitative estimate of drug-likeness (QED) is 0.903. The first-order chi connectivity index (χ1) is 9.83. The first-order valence-electron chi connectivity index (χ1n) is 7.01. The van der Waals surface area contributed by atoms with Crippen LogP contribution >= 0.6 is 0 Å².